The molecule has 0 radical (unpaired) electrons. The summed E-state index contributed by atoms with van der Waals surface area (Å²) < 4.78 is 13.6. The van der Waals surface area contributed by atoms with Gasteiger partial charge in [-0.1, -0.05) is 0 Å². The minimum atomic E-state index is -0.104. The van der Waals surface area contributed by atoms with E-state index in [4.69, 9.17) is 9.15 Å². The number of rotatable bonds is 8. The number of ether oxygens (including phenoxy) is 1. The molecule has 3 rings (SSSR count). The Morgan fingerprint density at radius 2 is 2.21 bits per heavy atom. The summed E-state index contributed by atoms with van der Waals surface area (Å²) in [7, 11) is 0. The van der Waals surface area contributed by atoms with Crippen LogP contribution in [-0.2, 0) is 11.3 Å². The van der Waals surface area contributed by atoms with Gasteiger partial charge in [-0.25, -0.2) is 4.98 Å². The number of furan rings is 1. The summed E-state index contributed by atoms with van der Waals surface area (Å²) in [5.41, 5.74) is 4.64. The predicted molar refractivity (Wildman–Crippen MR) is 110 cm³/mol. The van der Waals surface area contributed by atoms with E-state index in [-0.39, 0.29) is 5.91 Å². The van der Waals surface area contributed by atoms with Crippen LogP contribution in [0.15, 0.2) is 41.5 Å². The van der Waals surface area contributed by atoms with Crippen LogP contribution in [0.5, 0.6) is 5.75 Å². The van der Waals surface area contributed by atoms with Gasteiger partial charge in [0.05, 0.1) is 19.2 Å². The zero-order valence-corrected chi connectivity index (χ0v) is 16.9. The van der Waals surface area contributed by atoms with E-state index in [0.29, 0.717) is 13.2 Å². The second kappa shape index (κ2) is 8.78. The molecule has 0 saturated heterocycles. The Morgan fingerprint density at radius 1 is 1.39 bits per heavy atom. The first kappa shape index (κ1) is 19.7. The van der Waals surface area contributed by atoms with Crippen molar-refractivity contribution in [3.63, 3.8) is 0 Å². The molecular weight excluding hydrogens is 354 g/mol. The zero-order valence-electron chi connectivity index (χ0n) is 16.9. The second-order valence-electron chi connectivity index (χ2n) is 6.88. The molecule has 1 N–H and O–H groups in total. The highest BCUT2D eigenvalue weighted by atomic mass is 16.5. The molecule has 0 aliphatic carbocycles. The highest BCUT2D eigenvalue weighted by Gasteiger charge is 2.17. The summed E-state index contributed by atoms with van der Waals surface area (Å²) in [4.78, 5) is 16.4. The van der Waals surface area contributed by atoms with E-state index in [1.54, 1.807) is 24.9 Å². The number of carbonyl (C=O) groups excluding carboxylic acids is 1. The van der Waals surface area contributed by atoms with Gasteiger partial charge in [0.15, 0.2) is 0 Å². The molecule has 0 bridgehead atoms. The van der Waals surface area contributed by atoms with E-state index in [2.05, 4.69) is 10.3 Å². The number of aromatic nitrogens is 2. The van der Waals surface area contributed by atoms with Crippen molar-refractivity contribution >= 4 is 22.4 Å². The van der Waals surface area contributed by atoms with Gasteiger partial charge in [0, 0.05) is 48.1 Å². The molecule has 0 spiro atoms. The summed E-state index contributed by atoms with van der Waals surface area (Å²) in [6.07, 6.45) is 9.67. The lowest BCUT2D eigenvalue weighted by molar-refractivity contribution is -0.116. The van der Waals surface area contributed by atoms with Gasteiger partial charge in [-0.05, 0) is 51.3 Å². The van der Waals surface area contributed by atoms with Crippen LogP contribution in [0.25, 0.3) is 16.5 Å². The van der Waals surface area contributed by atoms with E-state index >= 15 is 0 Å². The van der Waals surface area contributed by atoms with Crippen molar-refractivity contribution in [2.75, 3.05) is 13.2 Å². The van der Waals surface area contributed by atoms with Crippen molar-refractivity contribution in [3.8, 4) is 5.75 Å². The topological polar surface area (TPSA) is 69.3 Å². The van der Waals surface area contributed by atoms with Gasteiger partial charge in [0.25, 0.3) is 0 Å². The molecule has 0 saturated carbocycles. The quantitative estimate of drug-likeness (QED) is 0.468. The first-order valence-corrected chi connectivity index (χ1v) is 9.57. The van der Waals surface area contributed by atoms with Gasteiger partial charge in [-0.2, -0.15) is 0 Å². The van der Waals surface area contributed by atoms with Gasteiger partial charge < -0.3 is 19.0 Å². The predicted octanol–water partition coefficient (Wildman–Crippen LogP) is 4.25. The first-order valence-electron chi connectivity index (χ1n) is 9.57. The standard InChI is InChI=1S/C22H27N3O3/c1-5-27-21-17(4)22-19(16(3)13-28-22)12-18(21)15(2)11-20(26)24-7-6-9-25-10-8-23-14-25/h8,10-14H,5-7,9H2,1-4H3,(H,24,26)/b15-11+. The summed E-state index contributed by atoms with van der Waals surface area (Å²) in [5.74, 6) is 0.665. The molecule has 0 aliphatic rings. The molecule has 148 valence electrons. The van der Waals surface area contributed by atoms with Crippen LogP contribution in [0.4, 0.5) is 0 Å². The summed E-state index contributed by atoms with van der Waals surface area (Å²) >= 11 is 0. The van der Waals surface area contributed by atoms with Gasteiger partial charge in [-0.15, -0.1) is 0 Å². The highest BCUT2D eigenvalue weighted by molar-refractivity contribution is 5.98. The van der Waals surface area contributed by atoms with Crippen molar-refractivity contribution < 1.29 is 13.9 Å². The molecule has 1 aromatic carbocycles. The van der Waals surface area contributed by atoms with E-state index in [1.165, 1.54) is 0 Å². The van der Waals surface area contributed by atoms with Gasteiger partial charge >= 0.3 is 0 Å². The molecule has 3 aromatic rings. The maximum Gasteiger partial charge on any atom is 0.244 e. The Hall–Kier alpha value is -3.02. The molecule has 1 amide bonds. The lowest BCUT2D eigenvalue weighted by atomic mass is 9.98. The maximum atomic E-state index is 12.4. The highest BCUT2D eigenvalue weighted by Crippen LogP contribution is 2.37. The Morgan fingerprint density at radius 3 is 2.93 bits per heavy atom. The molecule has 0 fully saturated rings. The summed E-state index contributed by atoms with van der Waals surface area (Å²) in [6.45, 7) is 9.87. The fourth-order valence-electron chi connectivity index (χ4n) is 3.28. The van der Waals surface area contributed by atoms with Crippen LogP contribution in [-0.4, -0.2) is 28.6 Å². The van der Waals surface area contributed by atoms with E-state index in [0.717, 1.165) is 51.9 Å². The number of allylic oxidation sites excluding steroid dienone is 1. The van der Waals surface area contributed by atoms with Crippen LogP contribution in [0.2, 0.25) is 0 Å². The van der Waals surface area contributed by atoms with Gasteiger partial charge in [0.2, 0.25) is 5.91 Å². The largest absolute Gasteiger partial charge is 0.493 e. The Bertz CT molecular complexity index is 984. The molecule has 6 heteroatoms. The number of hydrogen-bond acceptors (Lipinski definition) is 4. The maximum absolute atomic E-state index is 12.4. The number of aryl methyl sites for hydroxylation is 3. The number of benzene rings is 1. The van der Waals surface area contributed by atoms with Gasteiger partial charge in [0.1, 0.15) is 11.3 Å². The lowest BCUT2D eigenvalue weighted by Crippen LogP contribution is -2.23. The minimum Gasteiger partial charge on any atom is -0.493 e. The van der Waals surface area contributed by atoms with Crippen LogP contribution in [0.3, 0.4) is 0 Å². The van der Waals surface area contributed by atoms with Crippen molar-refractivity contribution in [1.82, 2.24) is 14.9 Å². The lowest BCUT2D eigenvalue weighted by Gasteiger charge is -2.14. The Balaban J connectivity index is 1.75. The molecule has 28 heavy (non-hydrogen) atoms. The van der Waals surface area contributed by atoms with Crippen LogP contribution in [0, 0.1) is 13.8 Å². The zero-order chi connectivity index (χ0) is 20.1. The van der Waals surface area contributed by atoms with Crippen LogP contribution >= 0.6 is 0 Å². The minimum absolute atomic E-state index is 0.104. The van der Waals surface area contributed by atoms with Crippen molar-refractivity contribution in [2.24, 2.45) is 0 Å². The van der Waals surface area contributed by atoms with Crippen molar-refractivity contribution in [3.05, 3.63) is 53.8 Å². The first-order chi connectivity index (χ1) is 13.5. The normalized spacial score (nSPS) is 11.8. The van der Waals surface area contributed by atoms with Gasteiger partial charge in [-0.3, -0.25) is 4.79 Å². The fraction of sp³-hybridized carbons (Fsp3) is 0.364. The van der Waals surface area contributed by atoms with Crippen LogP contribution in [0.1, 0.15) is 37.0 Å². The number of amides is 1. The number of hydrogen-bond donors (Lipinski definition) is 1. The molecule has 2 aromatic heterocycles. The molecule has 0 unspecified atom stereocenters. The SMILES string of the molecule is CCOc1c(/C(C)=C/C(=O)NCCCn2ccnc2)cc2c(C)coc2c1C. The van der Waals surface area contributed by atoms with Crippen LogP contribution < -0.4 is 10.1 Å². The average Bonchev–Trinajstić information content (AvgIpc) is 3.31. The summed E-state index contributed by atoms with van der Waals surface area (Å²) in [6, 6.07) is 2.05. The average molecular weight is 381 g/mol. The van der Waals surface area contributed by atoms with E-state index < -0.39 is 0 Å². The third kappa shape index (κ3) is 4.27. The third-order valence-electron chi connectivity index (χ3n) is 4.75. The number of nitrogens with one attached hydrogen (secondary N) is 1. The Labute approximate surface area is 165 Å². The molecular formula is C22H27N3O3. The van der Waals surface area contributed by atoms with Crippen molar-refractivity contribution in [1.29, 1.82) is 0 Å². The molecule has 6 nitrogen and oxygen atoms in total. The molecule has 2 heterocycles. The number of fused-ring (bicyclic) bond motifs is 1. The van der Waals surface area contributed by atoms with E-state index in [9.17, 15) is 4.79 Å². The molecule has 0 aliphatic heterocycles. The second-order valence-corrected chi connectivity index (χ2v) is 6.88. The number of carbonyl (C=O) groups is 1. The number of imidazole rings is 1. The molecule has 0 atom stereocenters. The monoisotopic (exact) mass is 381 g/mol. The Kier molecular flexibility index (Phi) is 6.19. The number of nitrogens with zero attached hydrogens (tertiary/aromatic N) is 2. The van der Waals surface area contributed by atoms with E-state index in [1.807, 2.05) is 44.5 Å². The third-order valence-corrected chi connectivity index (χ3v) is 4.75. The van der Waals surface area contributed by atoms with Crippen molar-refractivity contribution in [2.45, 2.75) is 40.7 Å². The fourth-order valence-corrected chi connectivity index (χ4v) is 3.28. The summed E-state index contributed by atoms with van der Waals surface area (Å²) in [5, 5.41) is 3.99. The smallest absolute Gasteiger partial charge is 0.244 e.